The molecule has 0 aliphatic carbocycles. The number of rotatable bonds is 1. The van der Waals surface area contributed by atoms with Crippen molar-refractivity contribution in [1.29, 1.82) is 0 Å². The number of carboxylic acid groups (broad SMARTS) is 1. The monoisotopic (exact) mass is 315 g/mol. The molecule has 2 aliphatic rings. The lowest BCUT2D eigenvalue weighted by atomic mass is 10.1. The van der Waals surface area contributed by atoms with Crippen molar-refractivity contribution in [3.05, 3.63) is 0 Å². The Balaban J connectivity index is 1.96. The number of carbonyl (C=O) groups excluding carboxylic acids is 1. The highest BCUT2D eigenvalue weighted by Gasteiger charge is 2.36. The number of carboxylic acids is 1. The summed E-state index contributed by atoms with van der Waals surface area (Å²) in [6.07, 6.45) is 0. The maximum absolute atomic E-state index is 12.6. The highest BCUT2D eigenvalue weighted by Crippen LogP contribution is 2.21. The molecule has 21 heavy (non-hydrogen) atoms. The van der Waals surface area contributed by atoms with Crippen molar-refractivity contribution in [2.75, 3.05) is 44.2 Å². The third-order valence-electron chi connectivity index (χ3n) is 4.16. The molecule has 2 heterocycles. The zero-order valence-corrected chi connectivity index (χ0v) is 13.9. The van der Waals surface area contributed by atoms with E-state index in [4.69, 9.17) is 0 Å². The third kappa shape index (κ3) is 3.83. The van der Waals surface area contributed by atoms with E-state index in [-0.39, 0.29) is 11.6 Å². The van der Waals surface area contributed by atoms with Gasteiger partial charge in [-0.2, -0.15) is 11.8 Å². The lowest BCUT2D eigenvalue weighted by molar-refractivity contribution is -0.141. The van der Waals surface area contributed by atoms with Crippen LogP contribution in [-0.4, -0.2) is 87.6 Å². The van der Waals surface area contributed by atoms with E-state index >= 15 is 0 Å². The van der Waals surface area contributed by atoms with Crippen LogP contribution in [0.5, 0.6) is 0 Å². The summed E-state index contributed by atoms with van der Waals surface area (Å²) in [4.78, 5) is 29.6. The van der Waals surface area contributed by atoms with Gasteiger partial charge in [-0.1, -0.05) is 0 Å². The molecular weight excluding hydrogens is 290 g/mol. The smallest absolute Gasteiger partial charge is 0.327 e. The van der Waals surface area contributed by atoms with Crippen molar-refractivity contribution in [2.45, 2.75) is 32.4 Å². The predicted octanol–water partition coefficient (Wildman–Crippen LogP) is 1.02. The second-order valence-electron chi connectivity index (χ2n) is 6.55. The summed E-state index contributed by atoms with van der Waals surface area (Å²) < 4.78 is 0. The molecule has 2 fully saturated rings. The molecule has 0 saturated carbocycles. The van der Waals surface area contributed by atoms with Gasteiger partial charge in [0, 0.05) is 49.8 Å². The molecular formula is C14H25N3O3S. The Morgan fingerprint density at radius 2 is 1.71 bits per heavy atom. The van der Waals surface area contributed by atoms with Crippen molar-refractivity contribution in [3.63, 3.8) is 0 Å². The van der Waals surface area contributed by atoms with Crippen LogP contribution in [0.25, 0.3) is 0 Å². The molecule has 2 amide bonds. The minimum atomic E-state index is -0.899. The first-order chi connectivity index (χ1) is 9.80. The third-order valence-corrected chi connectivity index (χ3v) is 5.18. The fraction of sp³-hybridized carbons (Fsp3) is 0.857. The SMILES string of the molecule is CC(C)(C)N1CCN(C(=O)N2CCSCC2C(=O)O)CC1. The maximum Gasteiger partial charge on any atom is 0.327 e. The van der Waals surface area contributed by atoms with Crippen LogP contribution in [0.1, 0.15) is 20.8 Å². The Hall–Kier alpha value is -0.950. The zero-order chi connectivity index (χ0) is 15.6. The van der Waals surface area contributed by atoms with E-state index < -0.39 is 12.0 Å². The van der Waals surface area contributed by atoms with Gasteiger partial charge in [0.25, 0.3) is 0 Å². The number of piperazine rings is 1. The summed E-state index contributed by atoms with van der Waals surface area (Å²) in [7, 11) is 0. The van der Waals surface area contributed by atoms with Crippen LogP contribution >= 0.6 is 11.8 Å². The number of urea groups is 1. The van der Waals surface area contributed by atoms with Crippen LogP contribution in [0.2, 0.25) is 0 Å². The second-order valence-corrected chi connectivity index (χ2v) is 7.70. The number of hydrogen-bond acceptors (Lipinski definition) is 4. The largest absolute Gasteiger partial charge is 0.480 e. The highest BCUT2D eigenvalue weighted by atomic mass is 32.2. The van der Waals surface area contributed by atoms with E-state index in [0.29, 0.717) is 25.4 Å². The number of amides is 2. The molecule has 0 aromatic carbocycles. The molecule has 0 spiro atoms. The number of hydrogen-bond donors (Lipinski definition) is 1. The van der Waals surface area contributed by atoms with Gasteiger partial charge < -0.3 is 14.9 Å². The van der Waals surface area contributed by atoms with Crippen molar-refractivity contribution in [1.82, 2.24) is 14.7 Å². The molecule has 1 unspecified atom stereocenters. The zero-order valence-electron chi connectivity index (χ0n) is 13.0. The highest BCUT2D eigenvalue weighted by molar-refractivity contribution is 7.99. The molecule has 6 nitrogen and oxygen atoms in total. The van der Waals surface area contributed by atoms with Crippen molar-refractivity contribution >= 4 is 23.8 Å². The lowest BCUT2D eigenvalue weighted by Crippen LogP contribution is -2.60. The van der Waals surface area contributed by atoms with Gasteiger partial charge in [0.05, 0.1) is 0 Å². The van der Waals surface area contributed by atoms with Crippen LogP contribution in [0.4, 0.5) is 4.79 Å². The standard InChI is InChI=1S/C14H25N3O3S/c1-14(2,3)16-6-4-15(5-7-16)13(20)17-8-9-21-10-11(17)12(18)19/h11H,4-10H2,1-3H3,(H,18,19). The summed E-state index contributed by atoms with van der Waals surface area (Å²) >= 11 is 1.60. The van der Waals surface area contributed by atoms with Gasteiger partial charge in [0.2, 0.25) is 0 Å². The Morgan fingerprint density at radius 3 is 2.24 bits per heavy atom. The molecule has 0 bridgehead atoms. The van der Waals surface area contributed by atoms with Gasteiger partial charge in [-0.15, -0.1) is 0 Å². The van der Waals surface area contributed by atoms with Crippen LogP contribution in [0.3, 0.4) is 0 Å². The van der Waals surface area contributed by atoms with Crippen LogP contribution in [0, 0.1) is 0 Å². The molecule has 2 rings (SSSR count). The summed E-state index contributed by atoms with van der Waals surface area (Å²) in [5.41, 5.74) is 0.112. The van der Waals surface area contributed by atoms with E-state index in [9.17, 15) is 14.7 Å². The van der Waals surface area contributed by atoms with Gasteiger partial charge in [-0.3, -0.25) is 4.90 Å². The van der Waals surface area contributed by atoms with E-state index in [2.05, 4.69) is 25.7 Å². The topological polar surface area (TPSA) is 64.1 Å². The fourth-order valence-electron chi connectivity index (χ4n) is 2.79. The van der Waals surface area contributed by atoms with Crippen molar-refractivity contribution < 1.29 is 14.7 Å². The van der Waals surface area contributed by atoms with E-state index in [1.165, 1.54) is 4.90 Å². The first kappa shape index (κ1) is 16.4. The molecule has 1 N–H and O–H groups in total. The summed E-state index contributed by atoms with van der Waals surface area (Å²) in [5.74, 6) is 0.407. The molecule has 120 valence electrons. The fourth-order valence-corrected chi connectivity index (χ4v) is 3.83. The average molecular weight is 315 g/mol. The molecule has 2 aliphatic heterocycles. The Kier molecular flexibility index (Phi) is 5.03. The minimum Gasteiger partial charge on any atom is -0.480 e. The number of aliphatic carboxylic acids is 1. The lowest BCUT2D eigenvalue weighted by Gasteiger charge is -2.44. The van der Waals surface area contributed by atoms with Gasteiger partial charge in [-0.05, 0) is 20.8 Å². The molecule has 0 aromatic heterocycles. The predicted molar refractivity (Wildman–Crippen MR) is 83.7 cm³/mol. The Morgan fingerprint density at radius 1 is 1.10 bits per heavy atom. The number of nitrogens with zero attached hydrogens (tertiary/aromatic N) is 3. The van der Waals surface area contributed by atoms with Gasteiger partial charge in [-0.25, -0.2) is 9.59 Å². The second kappa shape index (κ2) is 6.44. The Bertz CT molecular complexity index is 403. The molecule has 0 radical (unpaired) electrons. The van der Waals surface area contributed by atoms with E-state index in [1.807, 2.05) is 0 Å². The van der Waals surface area contributed by atoms with E-state index in [0.717, 1.165) is 18.8 Å². The van der Waals surface area contributed by atoms with Crippen LogP contribution in [-0.2, 0) is 4.79 Å². The minimum absolute atomic E-state index is 0.112. The molecule has 2 saturated heterocycles. The summed E-state index contributed by atoms with van der Waals surface area (Å²) in [6, 6.07) is -0.798. The van der Waals surface area contributed by atoms with Gasteiger partial charge in [0.15, 0.2) is 0 Å². The number of carbonyl (C=O) groups is 2. The first-order valence-electron chi connectivity index (χ1n) is 7.42. The normalized spacial score (nSPS) is 25.0. The van der Waals surface area contributed by atoms with Gasteiger partial charge >= 0.3 is 12.0 Å². The molecule has 0 aromatic rings. The summed E-state index contributed by atoms with van der Waals surface area (Å²) in [6.45, 7) is 10.1. The molecule has 1 atom stereocenters. The van der Waals surface area contributed by atoms with E-state index in [1.54, 1.807) is 16.7 Å². The van der Waals surface area contributed by atoms with Crippen LogP contribution in [0.15, 0.2) is 0 Å². The van der Waals surface area contributed by atoms with Crippen molar-refractivity contribution in [3.8, 4) is 0 Å². The quantitative estimate of drug-likeness (QED) is 0.783. The maximum atomic E-state index is 12.6. The summed E-state index contributed by atoms with van der Waals surface area (Å²) in [5, 5.41) is 9.27. The van der Waals surface area contributed by atoms with Crippen LogP contribution < -0.4 is 0 Å². The first-order valence-corrected chi connectivity index (χ1v) is 8.57. The van der Waals surface area contributed by atoms with Crippen molar-refractivity contribution in [2.24, 2.45) is 0 Å². The molecule has 7 heteroatoms. The average Bonchev–Trinajstić information content (AvgIpc) is 2.45. The van der Waals surface area contributed by atoms with Gasteiger partial charge in [0.1, 0.15) is 6.04 Å². The Labute approximate surface area is 130 Å². The number of thioether (sulfide) groups is 1.